The summed E-state index contributed by atoms with van der Waals surface area (Å²) in [4.78, 5) is 14.3. The average molecular weight is 449 g/mol. The zero-order valence-electron chi connectivity index (χ0n) is 15.8. The number of halogens is 1. The highest BCUT2D eigenvalue weighted by Crippen LogP contribution is 2.29. The van der Waals surface area contributed by atoms with Gasteiger partial charge in [-0.1, -0.05) is 42.5 Å². The number of carbonyl (C=O) groups is 1. The first-order valence-electron chi connectivity index (χ1n) is 9.38. The highest BCUT2D eigenvalue weighted by atomic mass is 35.5. The predicted octanol–water partition coefficient (Wildman–Crippen LogP) is 3.56. The van der Waals surface area contributed by atoms with E-state index in [0.717, 1.165) is 4.88 Å². The Morgan fingerprint density at radius 1 is 0.966 bits per heavy atom. The van der Waals surface area contributed by atoms with Gasteiger partial charge in [-0.05, 0) is 28.5 Å². The number of alkyl halides is 1. The summed E-state index contributed by atoms with van der Waals surface area (Å²) in [6.07, 6.45) is 0.694. The molecule has 1 amide bonds. The maximum atomic E-state index is 13.0. The number of rotatable bonds is 5. The predicted molar refractivity (Wildman–Crippen MR) is 117 cm³/mol. The van der Waals surface area contributed by atoms with Crippen molar-refractivity contribution in [3.05, 3.63) is 65.0 Å². The van der Waals surface area contributed by atoms with Gasteiger partial charge in [0.05, 0.1) is 0 Å². The van der Waals surface area contributed by atoms with Gasteiger partial charge < -0.3 is 4.90 Å². The van der Waals surface area contributed by atoms with E-state index in [2.05, 4.69) is 24.3 Å². The molecule has 0 atom stereocenters. The molecule has 0 saturated carbocycles. The van der Waals surface area contributed by atoms with Gasteiger partial charge >= 0.3 is 0 Å². The Bertz CT molecular complexity index is 1130. The Labute approximate surface area is 179 Å². The van der Waals surface area contributed by atoms with Crippen molar-refractivity contribution < 1.29 is 13.2 Å². The zero-order chi connectivity index (χ0) is 20.4. The topological polar surface area (TPSA) is 57.7 Å². The number of hydrogen-bond donors (Lipinski definition) is 0. The highest BCUT2D eigenvalue weighted by Gasteiger charge is 2.30. The lowest BCUT2D eigenvalue weighted by molar-refractivity contribution is -0.129. The molecule has 2 aromatic carbocycles. The third kappa shape index (κ3) is 4.19. The zero-order valence-corrected chi connectivity index (χ0v) is 18.1. The maximum Gasteiger partial charge on any atom is 0.252 e. The lowest BCUT2D eigenvalue weighted by Crippen LogP contribution is -2.50. The lowest BCUT2D eigenvalue weighted by atomic mass is 10.0. The second kappa shape index (κ2) is 8.44. The first-order valence-corrected chi connectivity index (χ1v) is 12.2. The van der Waals surface area contributed by atoms with E-state index in [0.29, 0.717) is 36.8 Å². The Hall–Kier alpha value is -1.93. The monoisotopic (exact) mass is 448 g/mol. The van der Waals surface area contributed by atoms with Crippen LogP contribution in [0.3, 0.4) is 0 Å². The van der Waals surface area contributed by atoms with Gasteiger partial charge in [0.25, 0.3) is 10.0 Å². The molecule has 1 aromatic heterocycles. The molecule has 0 N–H and O–H groups in total. The second-order valence-corrected chi connectivity index (χ2v) is 10.6. The van der Waals surface area contributed by atoms with Crippen LogP contribution in [0.15, 0.2) is 58.8 Å². The van der Waals surface area contributed by atoms with Crippen LogP contribution in [0.5, 0.6) is 0 Å². The van der Waals surface area contributed by atoms with E-state index in [-0.39, 0.29) is 11.8 Å². The van der Waals surface area contributed by atoms with Crippen molar-refractivity contribution in [3.63, 3.8) is 0 Å². The SMILES string of the molecule is O=C(CCl)N1CCN(S(=O)(=O)c2ccc(Cc3cccc4ccccc34)s2)CC1. The maximum absolute atomic E-state index is 13.0. The summed E-state index contributed by atoms with van der Waals surface area (Å²) in [6, 6.07) is 18.0. The standard InChI is InChI=1S/C21H21ClN2O3S2/c22-15-20(25)23-10-12-24(13-11-23)29(26,27)21-9-8-18(28-21)14-17-6-3-5-16-4-1-2-7-19(16)17/h1-9H,10-15H2. The van der Waals surface area contributed by atoms with E-state index < -0.39 is 10.0 Å². The van der Waals surface area contributed by atoms with Crippen molar-refractivity contribution in [1.29, 1.82) is 0 Å². The molecule has 29 heavy (non-hydrogen) atoms. The van der Waals surface area contributed by atoms with E-state index >= 15 is 0 Å². The summed E-state index contributed by atoms with van der Waals surface area (Å²) < 4.78 is 27.8. The van der Waals surface area contributed by atoms with Crippen LogP contribution in [-0.2, 0) is 21.2 Å². The average Bonchev–Trinajstić information content (AvgIpc) is 3.23. The Morgan fingerprint density at radius 3 is 2.45 bits per heavy atom. The van der Waals surface area contributed by atoms with Gasteiger partial charge in [0.2, 0.25) is 5.91 Å². The van der Waals surface area contributed by atoms with Crippen LogP contribution < -0.4 is 0 Å². The lowest BCUT2D eigenvalue weighted by Gasteiger charge is -2.33. The molecule has 4 rings (SSSR count). The minimum absolute atomic E-state index is 0.0742. The number of sulfonamides is 1. The molecular formula is C21H21ClN2O3S2. The minimum Gasteiger partial charge on any atom is -0.339 e. The number of fused-ring (bicyclic) bond motifs is 1. The fourth-order valence-electron chi connectivity index (χ4n) is 3.62. The van der Waals surface area contributed by atoms with Gasteiger partial charge in [0.1, 0.15) is 10.1 Å². The van der Waals surface area contributed by atoms with Gasteiger partial charge in [-0.25, -0.2) is 8.42 Å². The first-order chi connectivity index (χ1) is 14.0. The van der Waals surface area contributed by atoms with E-state index in [1.165, 1.54) is 32.0 Å². The van der Waals surface area contributed by atoms with Crippen molar-refractivity contribution in [1.82, 2.24) is 9.21 Å². The van der Waals surface area contributed by atoms with Crippen molar-refractivity contribution in [3.8, 4) is 0 Å². The third-order valence-corrected chi connectivity index (χ3v) is 8.86. The molecule has 2 heterocycles. The van der Waals surface area contributed by atoms with Gasteiger partial charge in [-0.2, -0.15) is 4.31 Å². The third-order valence-electron chi connectivity index (χ3n) is 5.18. The van der Waals surface area contributed by atoms with Crippen LogP contribution in [0.1, 0.15) is 10.4 Å². The van der Waals surface area contributed by atoms with Crippen LogP contribution in [-0.4, -0.2) is 55.6 Å². The summed E-state index contributed by atoms with van der Waals surface area (Å²) in [5.41, 5.74) is 1.18. The molecule has 0 aliphatic carbocycles. The van der Waals surface area contributed by atoms with Gasteiger partial charge in [0.15, 0.2) is 0 Å². The number of thiophene rings is 1. The smallest absolute Gasteiger partial charge is 0.252 e. The molecule has 0 unspecified atom stereocenters. The number of hydrogen-bond acceptors (Lipinski definition) is 4. The van der Waals surface area contributed by atoms with Crippen LogP contribution in [0.25, 0.3) is 10.8 Å². The van der Waals surface area contributed by atoms with E-state index in [4.69, 9.17) is 11.6 Å². The molecule has 1 saturated heterocycles. The van der Waals surface area contributed by atoms with Crippen LogP contribution >= 0.6 is 22.9 Å². The molecule has 0 spiro atoms. The van der Waals surface area contributed by atoms with Crippen molar-refractivity contribution in [2.45, 2.75) is 10.6 Å². The van der Waals surface area contributed by atoms with Crippen LogP contribution in [0, 0.1) is 0 Å². The molecular weight excluding hydrogens is 428 g/mol. The van der Waals surface area contributed by atoms with E-state index in [1.807, 2.05) is 24.3 Å². The Kier molecular flexibility index (Phi) is 5.92. The van der Waals surface area contributed by atoms with Crippen molar-refractivity contribution in [2.24, 2.45) is 0 Å². The van der Waals surface area contributed by atoms with E-state index in [1.54, 1.807) is 11.0 Å². The molecule has 5 nitrogen and oxygen atoms in total. The van der Waals surface area contributed by atoms with Gasteiger partial charge in [-0.15, -0.1) is 22.9 Å². The Morgan fingerprint density at radius 2 is 1.69 bits per heavy atom. The fraction of sp³-hybridized carbons (Fsp3) is 0.286. The first kappa shape index (κ1) is 20.3. The highest BCUT2D eigenvalue weighted by molar-refractivity contribution is 7.91. The molecule has 8 heteroatoms. The summed E-state index contributed by atoms with van der Waals surface area (Å²) in [6.45, 7) is 1.33. The molecule has 0 bridgehead atoms. The Balaban J connectivity index is 1.50. The van der Waals surface area contributed by atoms with Crippen molar-refractivity contribution in [2.75, 3.05) is 32.1 Å². The number of piperazine rings is 1. The fourth-order valence-corrected chi connectivity index (χ4v) is 6.74. The summed E-state index contributed by atoms with van der Waals surface area (Å²) >= 11 is 6.91. The number of amides is 1. The molecule has 1 aliphatic heterocycles. The second-order valence-electron chi connectivity index (χ2n) is 6.95. The summed E-state index contributed by atoms with van der Waals surface area (Å²) in [5, 5.41) is 2.37. The summed E-state index contributed by atoms with van der Waals surface area (Å²) in [5.74, 6) is -0.230. The van der Waals surface area contributed by atoms with E-state index in [9.17, 15) is 13.2 Å². The number of nitrogens with zero attached hydrogens (tertiary/aromatic N) is 2. The van der Waals surface area contributed by atoms with Gasteiger partial charge in [0, 0.05) is 37.5 Å². The summed E-state index contributed by atoms with van der Waals surface area (Å²) in [7, 11) is -3.55. The molecule has 3 aromatic rings. The van der Waals surface area contributed by atoms with Crippen molar-refractivity contribution >= 4 is 49.6 Å². The number of benzene rings is 2. The largest absolute Gasteiger partial charge is 0.339 e. The van der Waals surface area contributed by atoms with Gasteiger partial charge in [-0.3, -0.25) is 4.79 Å². The van der Waals surface area contributed by atoms with Crippen LogP contribution in [0.4, 0.5) is 0 Å². The molecule has 152 valence electrons. The molecule has 0 radical (unpaired) electrons. The minimum atomic E-state index is -3.55. The molecule has 1 aliphatic rings. The molecule has 1 fully saturated rings. The quantitative estimate of drug-likeness (QED) is 0.561. The van der Waals surface area contributed by atoms with Crippen LogP contribution in [0.2, 0.25) is 0 Å². The number of carbonyl (C=O) groups excluding carboxylic acids is 1. The normalized spacial score (nSPS) is 15.7.